The van der Waals surface area contributed by atoms with Crippen LogP contribution in [0.15, 0.2) is 130 Å². The zero-order valence-electron chi connectivity index (χ0n) is 28.0. The molecule has 2 aliphatic carbocycles. The second-order valence-corrected chi connectivity index (χ2v) is 13.7. The van der Waals surface area contributed by atoms with E-state index in [1.54, 1.807) is 0 Å². The van der Waals surface area contributed by atoms with E-state index in [9.17, 15) is 10.2 Å². The summed E-state index contributed by atoms with van der Waals surface area (Å²) in [6.07, 6.45) is 32.6. The quantitative estimate of drug-likeness (QED) is 0.257. The lowest BCUT2D eigenvalue weighted by atomic mass is 9.71. The van der Waals surface area contributed by atoms with E-state index < -0.39 is 0 Å². The van der Waals surface area contributed by atoms with Crippen LogP contribution >= 0.6 is 0 Å². The van der Waals surface area contributed by atoms with Gasteiger partial charge in [0.05, 0.1) is 12.2 Å². The van der Waals surface area contributed by atoms with Crippen LogP contribution in [0.2, 0.25) is 0 Å². The van der Waals surface area contributed by atoms with Gasteiger partial charge in [0, 0.05) is 0 Å². The lowest BCUT2D eigenvalue weighted by Crippen LogP contribution is -2.28. The van der Waals surface area contributed by atoms with Gasteiger partial charge >= 0.3 is 0 Å². The summed E-state index contributed by atoms with van der Waals surface area (Å²) in [5.74, 6) is 0. The van der Waals surface area contributed by atoms with E-state index >= 15 is 0 Å². The fourth-order valence-electron chi connectivity index (χ4n) is 6.13. The summed E-state index contributed by atoms with van der Waals surface area (Å²) in [6, 6.07) is 0. The van der Waals surface area contributed by atoms with Crippen molar-refractivity contribution in [2.45, 2.75) is 107 Å². The van der Waals surface area contributed by atoms with E-state index in [0.717, 1.165) is 25.7 Å². The van der Waals surface area contributed by atoms with Crippen LogP contribution in [0, 0.1) is 10.8 Å². The van der Waals surface area contributed by atoms with Crippen LogP contribution in [0.1, 0.15) is 94.9 Å². The number of hydrogen-bond acceptors (Lipinski definition) is 2. The highest BCUT2D eigenvalue weighted by atomic mass is 16.3. The number of aliphatic hydroxyl groups excluding tert-OH is 2. The molecule has 2 nitrogen and oxygen atoms in total. The van der Waals surface area contributed by atoms with E-state index in [4.69, 9.17) is 0 Å². The molecule has 2 N–H and O–H groups in total. The Morgan fingerprint density at radius 3 is 1.19 bits per heavy atom. The van der Waals surface area contributed by atoms with Gasteiger partial charge in [0.15, 0.2) is 0 Å². The molecule has 0 spiro atoms. The van der Waals surface area contributed by atoms with E-state index in [0.29, 0.717) is 0 Å². The normalized spacial score (nSPS) is 25.0. The third-order valence-electron chi connectivity index (χ3n) is 8.24. The molecule has 0 aromatic carbocycles. The maximum absolute atomic E-state index is 10.1. The summed E-state index contributed by atoms with van der Waals surface area (Å²) < 4.78 is 0. The second kappa shape index (κ2) is 16.1. The summed E-state index contributed by atoms with van der Waals surface area (Å²) in [5, 5.41) is 20.2. The van der Waals surface area contributed by atoms with Gasteiger partial charge < -0.3 is 10.2 Å². The molecule has 0 fully saturated rings. The zero-order valence-corrected chi connectivity index (χ0v) is 28.0. The van der Waals surface area contributed by atoms with Gasteiger partial charge in [-0.3, -0.25) is 0 Å². The van der Waals surface area contributed by atoms with Crippen LogP contribution in [0.5, 0.6) is 0 Å². The molecule has 0 saturated heterocycles. The Hall–Kier alpha value is -2.94. The first kappa shape index (κ1) is 35.3. The maximum Gasteiger partial charge on any atom is 0.0585 e. The van der Waals surface area contributed by atoms with Crippen LogP contribution in [-0.2, 0) is 0 Å². The fraction of sp³-hybridized carbons (Fsp3) is 0.450. The molecule has 0 amide bonds. The molecule has 0 saturated carbocycles. The van der Waals surface area contributed by atoms with Gasteiger partial charge in [-0.15, -0.1) is 0 Å². The first-order valence-electron chi connectivity index (χ1n) is 15.5. The summed E-state index contributed by atoms with van der Waals surface area (Å²) >= 11 is 0. The Bertz CT molecular complexity index is 1190. The largest absolute Gasteiger partial charge is 0.393 e. The molecule has 2 atom stereocenters. The van der Waals surface area contributed by atoms with E-state index in [1.165, 1.54) is 44.6 Å². The van der Waals surface area contributed by atoms with Gasteiger partial charge in [-0.2, -0.15) is 0 Å². The van der Waals surface area contributed by atoms with E-state index in [1.807, 2.05) is 0 Å². The first-order chi connectivity index (χ1) is 19.6. The zero-order chi connectivity index (χ0) is 31.5. The lowest BCUT2D eigenvalue weighted by Gasteiger charge is -2.35. The van der Waals surface area contributed by atoms with Crippen molar-refractivity contribution >= 4 is 0 Å². The van der Waals surface area contributed by atoms with Crippen molar-refractivity contribution in [1.82, 2.24) is 0 Å². The number of allylic oxidation sites excluding steroid dienone is 20. The van der Waals surface area contributed by atoms with Crippen molar-refractivity contribution < 1.29 is 10.2 Å². The Morgan fingerprint density at radius 1 is 0.548 bits per heavy atom. The monoisotopic (exact) mass is 568 g/mol. The third-order valence-corrected chi connectivity index (χ3v) is 8.24. The van der Waals surface area contributed by atoms with Gasteiger partial charge in [-0.1, -0.05) is 146 Å². The standard InChI is InChI=1S/C40H56O2/c1-29(17-13-19-31(3)21-23-37-33(5)25-35(41)27-39(37,7)8)15-11-12-16-30(2)18-14-20-32(4)22-24-38-34(6)26-36(42)28-40(38,9)10/h11-24,35-36,41-42H,25-28H2,1-10H3/b12-11+,17-13+,18-14+,23-21+,24-22+,29-15-,30-16+,31-19+,32-20+. The minimum absolute atomic E-state index is 0.00547. The van der Waals surface area contributed by atoms with Gasteiger partial charge in [0.1, 0.15) is 0 Å². The van der Waals surface area contributed by atoms with Crippen LogP contribution in [0.4, 0.5) is 0 Å². The molecule has 42 heavy (non-hydrogen) atoms. The molecule has 0 heterocycles. The maximum atomic E-state index is 10.1. The predicted octanol–water partition coefficient (Wildman–Crippen LogP) is 10.5. The van der Waals surface area contributed by atoms with Crippen molar-refractivity contribution in [3.63, 3.8) is 0 Å². The van der Waals surface area contributed by atoms with Crippen LogP contribution in [0.3, 0.4) is 0 Å². The van der Waals surface area contributed by atoms with Gasteiger partial charge in [-0.05, 0) is 89.2 Å². The molecule has 0 aliphatic heterocycles. The number of aliphatic hydroxyl groups is 2. The molecule has 2 unspecified atom stereocenters. The summed E-state index contributed by atoms with van der Waals surface area (Å²) in [6.45, 7) is 21.6. The van der Waals surface area contributed by atoms with Crippen molar-refractivity contribution in [3.8, 4) is 0 Å². The molecule has 0 bridgehead atoms. The smallest absolute Gasteiger partial charge is 0.0585 e. The van der Waals surface area contributed by atoms with Crippen LogP contribution in [0.25, 0.3) is 0 Å². The van der Waals surface area contributed by atoms with Gasteiger partial charge in [-0.25, -0.2) is 0 Å². The van der Waals surface area contributed by atoms with Gasteiger partial charge in [0.25, 0.3) is 0 Å². The highest BCUT2D eigenvalue weighted by Crippen LogP contribution is 2.42. The SMILES string of the molecule is CC1=C(/C=C/C(C)=C/C=C/C(C)=C\C=C\C=C(C)\C=C\C=C(C)\C=C\C2=C(C)CC(O)CC2(C)C)C(C)(C)CC(O)C1. The Balaban J connectivity index is 1.90. The van der Waals surface area contributed by atoms with E-state index in [-0.39, 0.29) is 23.0 Å². The minimum atomic E-state index is -0.227. The molecule has 2 aliphatic rings. The average Bonchev–Trinajstić information content (AvgIpc) is 2.84. The topological polar surface area (TPSA) is 40.5 Å². The number of rotatable bonds is 10. The van der Waals surface area contributed by atoms with Crippen molar-refractivity contribution in [1.29, 1.82) is 0 Å². The molecule has 228 valence electrons. The Kier molecular flexibility index (Phi) is 13.5. The highest BCUT2D eigenvalue weighted by Gasteiger charge is 2.32. The molecular formula is C40H56O2. The first-order valence-corrected chi connectivity index (χ1v) is 15.5. The molecule has 0 radical (unpaired) electrons. The molecule has 2 rings (SSSR count). The molecule has 0 aromatic heterocycles. The summed E-state index contributed by atoms with van der Waals surface area (Å²) in [5.41, 5.74) is 10.1. The lowest BCUT2D eigenvalue weighted by molar-refractivity contribution is 0.116. The molecular weight excluding hydrogens is 512 g/mol. The Morgan fingerprint density at radius 2 is 0.857 bits per heavy atom. The minimum Gasteiger partial charge on any atom is -0.393 e. The third kappa shape index (κ3) is 11.7. The number of hydrogen-bond donors (Lipinski definition) is 2. The van der Waals surface area contributed by atoms with Crippen LogP contribution < -0.4 is 0 Å². The predicted molar refractivity (Wildman–Crippen MR) is 184 cm³/mol. The van der Waals surface area contributed by atoms with Crippen LogP contribution in [-0.4, -0.2) is 22.4 Å². The Labute approximate surface area is 257 Å². The summed E-state index contributed by atoms with van der Waals surface area (Å²) in [4.78, 5) is 0. The molecule has 0 aromatic rings. The van der Waals surface area contributed by atoms with Crippen molar-refractivity contribution in [3.05, 3.63) is 130 Å². The highest BCUT2D eigenvalue weighted by molar-refractivity contribution is 5.39. The van der Waals surface area contributed by atoms with Crippen molar-refractivity contribution in [2.75, 3.05) is 0 Å². The van der Waals surface area contributed by atoms with Gasteiger partial charge in [0.2, 0.25) is 0 Å². The second-order valence-electron chi connectivity index (χ2n) is 13.7. The summed E-state index contributed by atoms with van der Waals surface area (Å²) in [7, 11) is 0. The fourth-order valence-corrected chi connectivity index (χ4v) is 6.13. The van der Waals surface area contributed by atoms with E-state index in [2.05, 4.69) is 154 Å². The van der Waals surface area contributed by atoms with Crippen molar-refractivity contribution in [2.24, 2.45) is 10.8 Å². The molecule has 2 heteroatoms. The average molecular weight is 569 g/mol.